The van der Waals surface area contributed by atoms with E-state index in [1.165, 1.54) is 6.20 Å². The van der Waals surface area contributed by atoms with Crippen LogP contribution in [0.1, 0.15) is 40.2 Å². The Kier molecular flexibility index (Phi) is 10.0. The summed E-state index contributed by atoms with van der Waals surface area (Å²) in [4.78, 5) is 54.8. The van der Waals surface area contributed by atoms with Crippen LogP contribution in [0.4, 0.5) is 34.4 Å². The summed E-state index contributed by atoms with van der Waals surface area (Å²) in [6.45, 7) is 2.84. The minimum absolute atomic E-state index is 0.00957. The van der Waals surface area contributed by atoms with Gasteiger partial charge in [0.25, 0.3) is 11.8 Å². The number of aromatic nitrogens is 6. The Labute approximate surface area is 340 Å². The van der Waals surface area contributed by atoms with E-state index in [-0.39, 0.29) is 29.1 Å². The van der Waals surface area contributed by atoms with E-state index in [0.29, 0.717) is 71.9 Å². The lowest BCUT2D eigenvalue weighted by Crippen LogP contribution is -2.50. The van der Waals surface area contributed by atoms with Gasteiger partial charge in [0.1, 0.15) is 29.9 Å². The summed E-state index contributed by atoms with van der Waals surface area (Å²) < 4.78 is 14.6. The van der Waals surface area contributed by atoms with E-state index in [4.69, 9.17) is 25.9 Å². The van der Waals surface area contributed by atoms with Gasteiger partial charge in [-0.25, -0.2) is 19.5 Å². The summed E-state index contributed by atoms with van der Waals surface area (Å²) in [6.07, 6.45) is 12.4. The molecule has 2 aromatic carbocycles. The number of ether oxygens (including phenoxy) is 2. The highest BCUT2D eigenvalue weighted by Gasteiger charge is 2.30. The third kappa shape index (κ3) is 7.71. The lowest BCUT2D eigenvalue weighted by atomic mass is 9.97. The van der Waals surface area contributed by atoms with E-state index >= 15 is 0 Å². The molecule has 10 bridgehead atoms. The number of piperidine rings is 1. The first kappa shape index (κ1) is 37.2. The highest BCUT2D eigenvalue weighted by atomic mass is 16.5. The van der Waals surface area contributed by atoms with Gasteiger partial charge >= 0.3 is 5.82 Å². The molecule has 1 fully saturated rings. The van der Waals surface area contributed by atoms with Crippen LogP contribution in [-0.2, 0) is 6.54 Å². The summed E-state index contributed by atoms with van der Waals surface area (Å²) in [5.41, 5.74) is 18.2. The smallest absolute Gasteiger partial charge is 0.304 e. The lowest BCUT2D eigenvalue weighted by Gasteiger charge is -2.34. The van der Waals surface area contributed by atoms with Gasteiger partial charge in [-0.05, 0) is 55.2 Å². The molecule has 4 aliphatic rings. The van der Waals surface area contributed by atoms with Gasteiger partial charge in [0.2, 0.25) is 5.69 Å². The third-order valence-corrected chi connectivity index (χ3v) is 11.1. The number of pyridine rings is 2. The number of hydrogen-bond donors (Lipinski definition) is 4. The highest BCUT2D eigenvalue weighted by molar-refractivity contribution is 6.08. The maximum atomic E-state index is 14.4. The first-order chi connectivity index (χ1) is 28.8. The summed E-state index contributed by atoms with van der Waals surface area (Å²) in [5.74, 6) is 0.887. The summed E-state index contributed by atoms with van der Waals surface area (Å²) in [7, 11) is 1.92. The molecule has 0 spiro atoms. The number of nitrogens with zero attached hydrogens (tertiary/aromatic N) is 8. The number of likely N-dealkylation sites (N-methyl/N-ethyl adjacent to an activating group) is 1. The number of hydrogen-bond acceptors (Lipinski definition) is 13. The summed E-state index contributed by atoms with van der Waals surface area (Å²) >= 11 is 0. The van der Waals surface area contributed by atoms with Crippen molar-refractivity contribution in [2.75, 3.05) is 65.3 Å². The van der Waals surface area contributed by atoms with Gasteiger partial charge in [-0.2, -0.15) is 0 Å². The number of benzene rings is 2. The Hall–Kier alpha value is -7.36. The Morgan fingerprint density at radius 2 is 1.42 bits per heavy atom. The van der Waals surface area contributed by atoms with E-state index in [1.54, 1.807) is 24.8 Å². The zero-order valence-electron chi connectivity index (χ0n) is 32.4. The second-order valence-electron chi connectivity index (χ2n) is 14.9. The second-order valence-corrected chi connectivity index (χ2v) is 14.9. The largest absolute Gasteiger partial charge is 0.493 e. The highest BCUT2D eigenvalue weighted by Crippen LogP contribution is 2.33. The fourth-order valence-electron chi connectivity index (χ4n) is 7.82. The number of amides is 2. The molecule has 298 valence electrons. The van der Waals surface area contributed by atoms with Crippen molar-refractivity contribution in [1.82, 2.24) is 24.9 Å². The van der Waals surface area contributed by atoms with Crippen LogP contribution in [0, 0.1) is 5.92 Å². The number of nitrogens with one attached hydrogen (secondary N) is 2. The van der Waals surface area contributed by atoms with Crippen LogP contribution in [0.2, 0.25) is 0 Å². The molecule has 1 unspecified atom stereocenters. The van der Waals surface area contributed by atoms with Crippen LogP contribution < -0.4 is 45.9 Å². The molecule has 16 heteroatoms. The fourth-order valence-corrected chi connectivity index (χ4v) is 7.82. The van der Waals surface area contributed by atoms with Crippen molar-refractivity contribution in [2.45, 2.75) is 31.8 Å². The van der Waals surface area contributed by atoms with Gasteiger partial charge in [0.05, 0.1) is 66.3 Å². The summed E-state index contributed by atoms with van der Waals surface area (Å²) in [5, 5.41) is 6.05. The average molecular weight is 792 g/mol. The van der Waals surface area contributed by atoms with Crippen LogP contribution in [0.15, 0.2) is 97.8 Å². The van der Waals surface area contributed by atoms with Crippen LogP contribution in [0.5, 0.6) is 11.5 Å². The zero-order valence-corrected chi connectivity index (χ0v) is 32.4. The zero-order chi connectivity index (χ0) is 40.5. The number of fused-ring (bicyclic) bond motifs is 10. The quantitative estimate of drug-likeness (QED) is 0.174. The van der Waals surface area contributed by atoms with Gasteiger partial charge < -0.3 is 35.6 Å². The molecule has 16 nitrogen and oxygen atoms in total. The predicted octanol–water partition coefficient (Wildman–Crippen LogP) is 4.85. The van der Waals surface area contributed by atoms with Crippen molar-refractivity contribution < 1.29 is 23.6 Å². The van der Waals surface area contributed by atoms with Crippen molar-refractivity contribution in [3.63, 3.8) is 0 Å². The minimum atomic E-state index is -0.537. The average Bonchev–Trinajstić information content (AvgIpc) is 3.26. The van der Waals surface area contributed by atoms with Gasteiger partial charge in [0.15, 0.2) is 11.5 Å². The number of nitrogens with two attached hydrogens (primary N) is 2. The standard InChI is InChI=1S/C43H42N12O4/c1-53-29(12-17-58-30-6-2-4-27(18-30)32-22-48-40(44)38(49-32)42(56)51-33-20-46-13-8-36(33)53)23-55-24-35-28-5-3-7-31(19-28)59-25-26-10-15-54(16-11-26)37-9-14-47-21-34(37)52-43(57)39(50-35)41(55)45/h2-9,13-14,18-22,24,26,29,45H,10-12,15-17,23,25H2,1H3,(H4,44,48,51,52,56,57)/p+1. The minimum Gasteiger partial charge on any atom is -0.493 e. The molecule has 10 rings (SSSR count). The molecule has 0 radical (unpaired) electrons. The Balaban J connectivity index is 1.12. The Morgan fingerprint density at radius 3 is 2.17 bits per heavy atom. The number of nitrogen functional groups attached to an aromatic ring is 2. The van der Waals surface area contributed by atoms with Crippen molar-refractivity contribution in [3.8, 4) is 34.0 Å². The van der Waals surface area contributed by atoms with Gasteiger partial charge in [-0.3, -0.25) is 25.3 Å². The molecular formula is C43H43N12O4+. The molecule has 1 atom stereocenters. The maximum absolute atomic E-state index is 14.4. The molecule has 4 aromatic heterocycles. The van der Waals surface area contributed by atoms with Gasteiger partial charge in [0, 0.05) is 50.1 Å². The van der Waals surface area contributed by atoms with Crippen molar-refractivity contribution in [3.05, 3.63) is 109 Å². The predicted molar refractivity (Wildman–Crippen MR) is 223 cm³/mol. The normalized spacial score (nSPS) is 16.9. The molecule has 0 aliphatic carbocycles. The SMILES string of the molecule is CN1c2ccncc2NC(=O)c2nc(cnc2N)-c2cccc(c2)OCCC1C[n+]1cc2nc(c1N)C(=O)Nc1cnccc1N1CCC(CC1)COc1cccc-2c1. The van der Waals surface area contributed by atoms with Crippen LogP contribution in [0.3, 0.4) is 0 Å². The Bertz CT molecular complexity index is 2560. The monoisotopic (exact) mass is 791 g/mol. The van der Waals surface area contributed by atoms with E-state index in [9.17, 15) is 9.59 Å². The fraction of sp³-hybridized carbons (Fsp3) is 0.256. The summed E-state index contributed by atoms with van der Waals surface area (Å²) in [6, 6.07) is 18.6. The molecule has 8 heterocycles. The molecule has 6 aromatic rings. The van der Waals surface area contributed by atoms with E-state index in [1.807, 2.05) is 83.4 Å². The van der Waals surface area contributed by atoms with Crippen molar-refractivity contribution in [1.29, 1.82) is 0 Å². The third-order valence-electron chi connectivity index (χ3n) is 11.1. The molecule has 0 saturated carbocycles. The second kappa shape index (κ2) is 15.9. The molecule has 4 aliphatic heterocycles. The number of rotatable bonds is 2. The van der Waals surface area contributed by atoms with Crippen LogP contribution in [0.25, 0.3) is 22.5 Å². The first-order valence-corrected chi connectivity index (χ1v) is 19.5. The molecular weight excluding hydrogens is 749 g/mol. The van der Waals surface area contributed by atoms with E-state index < -0.39 is 11.8 Å². The van der Waals surface area contributed by atoms with Crippen LogP contribution in [-0.4, -0.2) is 76.1 Å². The molecule has 6 N–H and O–H groups in total. The van der Waals surface area contributed by atoms with Gasteiger partial charge in [-0.15, -0.1) is 0 Å². The number of carbonyl (C=O) groups is 2. The molecule has 2 amide bonds. The molecule has 1 saturated heterocycles. The van der Waals surface area contributed by atoms with E-state index in [0.717, 1.165) is 42.9 Å². The van der Waals surface area contributed by atoms with E-state index in [2.05, 4.69) is 35.5 Å². The molecule has 59 heavy (non-hydrogen) atoms. The maximum Gasteiger partial charge on any atom is 0.304 e. The van der Waals surface area contributed by atoms with Crippen molar-refractivity contribution >= 4 is 46.2 Å². The topological polar surface area (TPSA) is 204 Å². The number of carbonyl (C=O) groups excluding carboxylic acids is 2. The number of anilines is 6. The Morgan fingerprint density at radius 1 is 0.780 bits per heavy atom. The van der Waals surface area contributed by atoms with Crippen LogP contribution >= 0.6 is 0 Å². The lowest BCUT2D eigenvalue weighted by molar-refractivity contribution is -0.684. The van der Waals surface area contributed by atoms with Crippen molar-refractivity contribution in [2.24, 2.45) is 5.92 Å². The first-order valence-electron chi connectivity index (χ1n) is 19.5. The van der Waals surface area contributed by atoms with Gasteiger partial charge in [-0.1, -0.05) is 24.3 Å².